The van der Waals surface area contributed by atoms with E-state index >= 15 is 0 Å². The zero-order valence-corrected chi connectivity index (χ0v) is 14.4. The van der Waals surface area contributed by atoms with E-state index in [2.05, 4.69) is 20.6 Å². The molecule has 2 heterocycles. The van der Waals surface area contributed by atoms with Gasteiger partial charge in [-0.25, -0.2) is 9.59 Å². The second-order valence-electron chi connectivity index (χ2n) is 6.22. The van der Waals surface area contributed by atoms with Crippen molar-refractivity contribution in [3.05, 3.63) is 59.9 Å². The Bertz CT molecular complexity index is 1250. The summed E-state index contributed by atoms with van der Waals surface area (Å²) >= 11 is 0. The number of hydrogen-bond acceptors (Lipinski definition) is 3. The lowest BCUT2D eigenvalue weighted by atomic mass is 10.2. The number of carboxylic acids is 1. The van der Waals surface area contributed by atoms with Crippen LogP contribution >= 0.6 is 0 Å². The van der Waals surface area contributed by atoms with Gasteiger partial charge in [0, 0.05) is 33.2 Å². The molecule has 0 fully saturated rings. The number of H-pyrrole nitrogens is 2. The van der Waals surface area contributed by atoms with E-state index in [1.165, 1.54) is 6.07 Å². The zero-order chi connectivity index (χ0) is 19.8. The molecule has 0 spiro atoms. The third-order valence-corrected chi connectivity index (χ3v) is 4.24. The van der Waals surface area contributed by atoms with Crippen LogP contribution in [0.25, 0.3) is 21.8 Å². The van der Waals surface area contributed by atoms with Gasteiger partial charge in [-0.15, -0.1) is 0 Å². The molecule has 0 aliphatic carbocycles. The maximum Gasteiger partial charge on any atom is 0.352 e. The lowest BCUT2D eigenvalue weighted by molar-refractivity contribution is 0.0691. The van der Waals surface area contributed by atoms with Gasteiger partial charge in [0.05, 0.1) is 0 Å². The predicted molar refractivity (Wildman–Crippen MR) is 105 cm³/mol. The van der Waals surface area contributed by atoms with Crippen molar-refractivity contribution in [3.8, 4) is 0 Å². The van der Waals surface area contributed by atoms with E-state index in [0.717, 1.165) is 10.9 Å². The van der Waals surface area contributed by atoms with Crippen LogP contribution < -0.4 is 16.4 Å². The van der Waals surface area contributed by atoms with E-state index in [-0.39, 0.29) is 11.6 Å². The molecule has 4 rings (SSSR count). The van der Waals surface area contributed by atoms with E-state index in [4.69, 9.17) is 10.8 Å². The number of aromatic carboxylic acids is 1. The van der Waals surface area contributed by atoms with Crippen molar-refractivity contribution in [2.75, 3.05) is 10.6 Å². The van der Waals surface area contributed by atoms with Crippen molar-refractivity contribution in [1.29, 1.82) is 0 Å². The summed E-state index contributed by atoms with van der Waals surface area (Å²) in [6.45, 7) is 0. The highest BCUT2D eigenvalue weighted by molar-refractivity contribution is 6.07. The van der Waals surface area contributed by atoms with Crippen molar-refractivity contribution in [1.82, 2.24) is 9.97 Å². The molecule has 0 aliphatic rings. The molecule has 0 aliphatic heterocycles. The zero-order valence-electron chi connectivity index (χ0n) is 14.4. The van der Waals surface area contributed by atoms with Crippen LogP contribution in [0, 0.1) is 0 Å². The summed E-state index contributed by atoms with van der Waals surface area (Å²) in [6, 6.07) is 12.7. The van der Waals surface area contributed by atoms with Gasteiger partial charge in [0.25, 0.3) is 5.91 Å². The van der Waals surface area contributed by atoms with E-state index in [1.807, 2.05) is 0 Å². The van der Waals surface area contributed by atoms with E-state index in [0.29, 0.717) is 28.0 Å². The van der Waals surface area contributed by atoms with Crippen molar-refractivity contribution in [2.24, 2.45) is 5.73 Å². The topological polar surface area (TPSA) is 153 Å². The molecular weight excluding hydrogens is 362 g/mol. The summed E-state index contributed by atoms with van der Waals surface area (Å²) in [7, 11) is 0. The minimum Gasteiger partial charge on any atom is -0.477 e. The molecule has 0 bridgehead atoms. The molecule has 2 aromatic carbocycles. The number of benzene rings is 2. The number of fused-ring (bicyclic) bond motifs is 2. The molecular formula is C19H15N5O4. The highest BCUT2D eigenvalue weighted by Crippen LogP contribution is 2.23. The molecule has 9 nitrogen and oxygen atoms in total. The quantitative estimate of drug-likeness (QED) is 0.323. The van der Waals surface area contributed by atoms with Crippen LogP contribution in [-0.4, -0.2) is 33.0 Å². The number of primary amides is 1. The molecule has 0 saturated carbocycles. The number of amides is 3. The Hall–Kier alpha value is -4.27. The molecule has 0 atom stereocenters. The first-order chi connectivity index (χ1) is 13.4. The van der Waals surface area contributed by atoms with Crippen LogP contribution in [0.15, 0.2) is 48.5 Å². The third-order valence-electron chi connectivity index (χ3n) is 4.24. The van der Waals surface area contributed by atoms with Crippen LogP contribution in [-0.2, 0) is 0 Å². The summed E-state index contributed by atoms with van der Waals surface area (Å²) in [5.74, 6) is -1.40. The van der Waals surface area contributed by atoms with Gasteiger partial charge < -0.3 is 31.4 Å². The number of urea groups is 1. The number of aromatic nitrogens is 2. The number of aromatic amines is 2. The summed E-state index contributed by atoms with van der Waals surface area (Å²) in [5.41, 5.74) is 7.97. The van der Waals surface area contributed by atoms with Gasteiger partial charge in [-0.05, 0) is 48.5 Å². The average Bonchev–Trinajstić information content (AvgIpc) is 3.24. The van der Waals surface area contributed by atoms with Crippen LogP contribution in [0.1, 0.15) is 21.0 Å². The van der Waals surface area contributed by atoms with Crippen molar-refractivity contribution in [3.63, 3.8) is 0 Å². The maximum atomic E-state index is 12.6. The molecule has 7 N–H and O–H groups in total. The summed E-state index contributed by atoms with van der Waals surface area (Å²) in [4.78, 5) is 40.4. The Morgan fingerprint density at radius 2 is 1.32 bits per heavy atom. The monoisotopic (exact) mass is 377 g/mol. The highest BCUT2D eigenvalue weighted by Gasteiger charge is 2.12. The van der Waals surface area contributed by atoms with Gasteiger partial charge in [-0.1, -0.05) is 0 Å². The van der Waals surface area contributed by atoms with Gasteiger partial charge in [-0.2, -0.15) is 0 Å². The van der Waals surface area contributed by atoms with E-state index in [1.54, 1.807) is 42.5 Å². The molecule has 9 heteroatoms. The fraction of sp³-hybridized carbons (Fsp3) is 0. The highest BCUT2D eigenvalue weighted by atomic mass is 16.4. The number of nitrogens with one attached hydrogen (secondary N) is 4. The number of nitrogens with two attached hydrogens (primary N) is 1. The van der Waals surface area contributed by atoms with Gasteiger partial charge in [0.1, 0.15) is 11.4 Å². The lowest BCUT2D eigenvalue weighted by Crippen LogP contribution is -2.19. The minimum atomic E-state index is -1.05. The van der Waals surface area contributed by atoms with E-state index in [9.17, 15) is 14.4 Å². The first-order valence-electron chi connectivity index (χ1n) is 8.26. The Morgan fingerprint density at radius 3 is 1.89 bits per heavy atom. The van der Waals surface area contributed by atoms with Gasteiger partial charge in [0.2, 0.25) is 0 Å². The number of anilines is 2. The largest absolute Gasteiger partial charge is 0.477 e. The smallest absolute Gasteiger partial charge is 0.352 e. The second-order valence-corrected chi connectivity index (χ2v) is 6.22. The standard InChI is InChI=1S/C19H15N5O4/c20-19(28)22-12-2-4-13-9(6-12)7-15(23-13)17(25)21-11-1-3-14-10(5-11)8-16(24-14)18(26)27/h1-8,23-24H,(H,21,25)(H,26,27)(H3,20,22,28). The van der Waals surface area contributed by atoms with Crippen LogP contribution in [0.4, 0.5) is 16.2 Å². The molecule has 140 valence electrons. The third kappa shape index (κ3) is 3.23. The van der Waals surface area contributed by atoms with Crippen molar-refractivity contribution in [2.45, 2.75) is 0 Å². The first kappa shape index (κ1) is 17.2. The fourth-order valence-corrected chi connectivity index (χ4v) is 3.00. The van der Waals surface area contributed by atoms with Crippen LogP contribution in [0.5, 0.6) is 0 Å². The molecule has 0 saturated heterocycles. The molecule has 3 amide bonds. The molecule has 28 heavy (non-hydrogen) atoms. The first-order valence-corrected chi connectivity index (χ1v) is 8.26. The minimum absolute atomic E-state index is 0.0782. The summed E-state index contributed by atoms with van der Waals surface area (Å²) in [5, 5.41) is 15.7. The molecule has 0 unspecified atom stereocenters. The SMILES string of the molecule is NC(=O)Nc1ccc2[nH]c(C(=O)Nc3ccc4[nH]c(C(=O)O)cc4c3)cc2c1. The normalized spacial score (nSPS) is 10.9. The Labute approximate surface area is 157 Å². The average molecular weight is 377 g/mol. The lowest BCUT2D eigenvalue weighted by Gasteiger charge is -2.03. The van der Waals surface area contributed by atoms with Gasteiger partial charge >= 0.3 is 12.0 Å². The fourth-order valence-electron chi connectivity index (χ4n) is 3.00. The maximum absolute atomic E-state index is 12.6. The number of carbonyl (C=O) groups excluding carboxylic acids is 2. The number of hydrogen-bond donors (Lipinski definition) is 6. The predicted octanol–water partition coefficient (Wildman–Crippen LogP) is 3.09. The molecule has 2 aromatic heterocycles. The van der Waals surface area contributed by atoms with Gasteiger partial charge in [0.15, 0.2) is 0 Å². The number of carbonyl (C=O) groups is 3. The van der Waals surface area contributed by atoms with Crippen molar-refractivity contribution < 1.29 is 19.5 Å². The summed E-state index contributed by atoms with van der Waals surface area (Å²) in [6.07, 6.45) is 0. The summed E-state index contributed by atoms with van der Waals surface area (Å²) < 4.78 is 0. The van der Waals surface area contributed by atoms with Crippen LogP contribution in [0.2, 0.25) is 0 Å². The molecule has 0 radical (unpaired) electrons. The van der Waals surface area contributed by atoms with Gasteiger partial charge in [-0.3, -0.25) is 4.79 Å². The molecule has 4 aromatic rings. The van der Waals surface area contributed by atoms with E-state index < -0.39 is 12.0 Å². The number of rotatable bonds is 4. The van der Waals surface area contributed by atoms with Crippen LogP contribution in [0.3, 0.4) is 0 Å². The Kier molecular flexibility index (Phi) is 3.96. The number of carboxylic acid groups (broad SMARTS) is 1. The Morgan fingerprint density at radius 1 is 0.786 bits per heavy atom. The van der Waals surface area contributed by atoms with Crippen molar-refractivity contribution >= 4 is 51.1 Å². The Balaban J connectivity index is 1.58. The second kappa shape index (κ2) is 6.47.